The van der Waals surface area contributed by atoms with Gasteiger partial charge < -0.3 is 14.4 Å². The molecule has 22 heavy (non-hydrogen) atoms. The van der Waals surface area contributed by atoms with Gasteiger partial charge in [-0.05, 0) is 49.4 Å². The maximum Gasteiger partial charge on any atom is 0.240 e. The molecule has 3 atom stereocenters. The average molecular weight is 326 g/mol. The van der Waals surface area contributed by atoms with Crippen molar-refractivity contribution in [3.8, 4) is 11.5 Å². The number of fused-ring (bicyclic) bond motifs is 1. The normalized spacial score (nSPS) is 22.5. The third-order valence-electron chi connectivity index (χ3n) is 4.26. The monoisotopic (exact) mass is 325 g/mol. The number of alkyl halides is 1. The van der Waals surface area contributed by atoms with E-state index in [0.29, 0.717) is 18.2 Å². The summed E-state index contributed by atoms with van der Waals surface area (Å²) in [5, 5.41) is -0.517. The van der Waals surface area contributed by atoms with Gasteiger partial charge in [0.25, 0.3) is 0 Å². The summed E-state index contributed by atoms with van der Waals surface area (Å²) in [6, 6.07) is 3.98. The van der Waals surface area contributed by atoms with Crippen molar-refractivity contribution in [1.29, 1.82) is 0 Å². The Labute approximate surface area is 137 Å². The SMILES string of the molecule is COc1cc2c(cc1OC)C(C)N(C(=O)C(C)Cl)CC(C)C2. The minimum absolute atomic E-state index is 0.0244. The Morgan fingerprint density at radius 2 is 1.86 bits per heavy atom. The maximum atomic E-state index is 12.4. The minimum Gasteiger partial charge on any atom is -0.493 e. The number of amides is 1. The molecule has 0 aliphatic carbocycles. The van der Waals surface area contributed by atoms with Crippen molar-refractivity contribution in [3.05, 3.63) is 23.3 Å². The molecule has 5 heteroatoms. The number of methoxy groups -OCH3 is 2. The van der Waals surface area contributed by atoms with Gasteiger partial charge in [0.15, 0.2) is 11.5 Å². The molecule has 1 aliphatic rings. The van der Waals surface area contributed by atoms with Crippen LogP contribution in [0.4, 0.5) is 0 Å². The highest BCUT2D eigenvalue weighted by Crippen LogP contribution is 2.38. The van der Waals surface area contributed by atoms with Crippen molar-refractivity contribution in [1.82, 2.24) is 4.90 Å². The van der Waals surface area contributed by atoms with Gasteiger partial charge in [-0.25, -0.2) is 0 Å². The first-order valence-electron chi connectivity index (χ1n) is 7.58. The van der Waals surface area contributed by atoms with Gasteiger partial charge in [-0.3, -0.25) is 4.79 Å². The number of carbonyl (C=O) groups is 1. The molecule has 0 fully saturated rings. The lowest BCUT2D eigenvalue weighted by molar-refractivity contribution is -0.133. The minimum atomic E-state index is -0.517. The average Bonchev–Trinajstić information content (AvgIpc) is 2.61. The molecular weight excluding hydrogens is 302 g/mol. The molecular formula is C17H24ClNO3. The van der Waals surface area contributed by atoms with Crippen molar-refractivity contribution in [2.45, 2.75) is 38.6 Å². The third-order valence-corrected chi connectivity index (χ3v) is 4.45. The van der Waals surface area contributed by atoms with E-state index in [2.05, 4.69) is 6.92 Å². The summed E-state index contributed by atoms with van der Waals surface area (Å²) in [6.45, 7) is 6.62. The van der Waals surface area contributed by atoms with Gasteiger partial charge in [0, 0.05) is 6.54 Å². The summed E-state index contributed by atoms with van der Waals surface area (Å²) in [4.78, 5) is 14.3. The van der Waals surface area contributed by atoms with Crippen LogP contribution >= 0.6 is 11.6 Å². The van der Waals surface area contributed by atoms with Gasteiger partial charge in [-0.15, -0.1) is 11.6 Å². The van der Waals surface area contributed by atoms with Crippen molar-refractivity contribution in [2.75, 3.05) is 20.8 Å². The fraction of sp³-hybridized carbons (Fsp3) is 0.588. The first kappa shape index (κ1) is 16.9. The number of halogens is 1. The second-order valence-electron chi connectivity index (χ2n) is 6.00. The van der Waals surface area contributed by atoms with Crippen LogP contribution in [-0.4, -0.2) is 36.9 Å². The zero-order valence-electron chi connectivity index (χ0n) is 13.9. The topological polar surface area (TPSA) is 38.8 Å². The van der Waals surface area contributed by atoms with Crippen LogP contribution in [0.3, 0.4) is 0 Å². The molecule has 0 saturated carbocycles. The second-order valence-corrected chi connectivity index (χ2v) is 6.65. The third kappa shape index (κ3) is 3.17. The summed E-state index contributed by atoms with van der Waals surface area (Å²) in [5.41, 5.74) is 2.31. The van der Waals surface area contributed by atoms with Crippen LogP contribution < -0.4 is 9.47 Å². The number of carbonyl (C=O) groups excluding carboxylic acids is 1. The highest BCUT2D eigenvalue weighted by Gasteiger charge is 2.31. The molecule has 0 radical (unpaired) electrons. The zero-order chi connectivity index (χ0) is 16.4. The van der Waals surface area contributed by atoms with E-state index >= 15 is 0 Å². The Bertz CT molecular complexity index is 559. The van der Waals surface area contributed by atoms with Crippen LogP contribution in [0.15, 0.2) is 12.1 Å². The van der Waals surface area contributed by atoms with Crippen LogP contribution in [0.2, 0.25) is 0 Å². The van der Waals surface area contributed by atoms with Gasteiger partial charge in [-0.1, -0.05) is 6.92 Å². The molecule has 2 rings (SSSR count). The quantitative estimate of drug-likeness (QED) is 0.799. The van der Waals surface area contributed by atoms with E-state index in [1.807, 2.05) is 24.0 Å². The van der Waals surface area contributed by atoms with E-state index in [4.69, 9.17) is 21.1 Å². The molecule has 1 aromatic carbocycles. The Kier molecular flexibility index (Phi) is 5.22. The largest absolute Gasteiger partial charge is 0.493 e. The lowest BCUT2D eigenvalue weighted by Crippen LogP contribution is -2.39. The summed E-state index contributed by atoms with van der Waals surface area (Å²) in [7, 11) is 3.26. The standard InChI is InChI=1S/C17H24ClNO3/c1-10-6-13-7-15(21-4)16(22-5)8-14(13)12(3)19(9-10)17(20)11(2)18/h7-8,10-12H,6,9H2,1-5H3. The Hall–Kier alpha value is -1.42. The highest BCUT2D eigenvalue weighted by molar-refractivity contribution is 6.30. The number of hydrogen-bond donors (Lipinski definition) is 0. The molecule has 122 valence electrons. The lowest BCUT2D eigenvalue weighted by Gasteiger charge is -2.30. The van der Waals surface area contributed by atoms with Crippen molar-refractivity contribution >= 4 is 17.5 Å². The highest BCUT2D eigenvalue weighted by atomic mass is 35.5. The van der Waals surface area contributed by atoms with Gasteiger partial charge >= 0.3 is 0 Å². The van der Waals surface area contributed by atoms with E-state index in [9.17, 15) is 4.79 Å². The summed E-state index contributed by atoms with van der Waals surface area (Å²) < 4.78 is 10.8. The number of hydrogen-bond acceptors (Lipinski definition) is 3. The zero-order valence-corrected chi connectivity index (χ0v) is 14.6. The molecule has 1 heterocycles. The van der Waals surface area contributed by atoms with Crippen LogP contribution in [0, 0.1) is 5.92 Å². The van der Waals surface area contributed by atoms with E-state index in [-0.39, 0.29) is 11.9 Å². The van der Waals surface area contributed by atoms with Gasteiger partial charge in [0.2, 0.25) is 5.91 Å². The number of benzene rings is 1. The summed E-state index contributed by atoms with van der Waals surface area (Å²) >= 11 is 6.03. The van der Waals surface area contributed by atoms with Crippen LogP contribution in [0.5, 0.6) is 11.5 Å². The van der Waals surface area contributed by atoms with Crippen LogP contribution in [-0.2, 0) is 11.2 Å². The molecule has 4 nitrogen and oxygen atoms in total. The van der Waals surface area contributed by atoms with Gasteiger partial charge in [0.05, 0.1) is 20.3 Å². The van der Waals surface area contributed by atoms with E-state index in [0.717, 1.165) is 17.7 Å². The fourth-order valence-electron chi connectivity index (χ4n) is 3.11. The molecule has 3 unspecified atom stereocenters. The first-order chi connectivity index (χ1) is 10.4. The van der Waals surface area contributed by atoms with E-state index in [1.54, 1.807) is 21.1 Å². The van der Waals surface area contributed by atoms with E-state index < -0.39 is 5.38 Å². The van der Waals surface area contributed by atoms with Gasteiger partial charge in [0.1, 0.15) is 5.38 Å². The number of ether oxygens (including phenoxy) is 2. The smallest absolute Gasteiger partial charge is 0.240 e. The number of nitrogens with zero attached hydrogens (tertiary/aromatic N) is 1. The van der Waals surface area contributed by atoms with Gasteiger partial charge in [-0.2, -0.15) is 0 Å². The maximum absolute atomic E-state index is 12.4. The molecule has 0 bridgehead atoms. The Morgan fingerprint density at radius 1 is 1.27 bits per heavy atom. The van der Waals surface area contributed by atoms with Crippen LogP contribution in [0.25, 0.3) is 0 Å². The Morgan fingerprint density at radius 3 is 2.41 bits per heavy atom. The van der Waals surface area contributed by atoms with E-state index in [1.165, 1.54) is 5.56 Å². The van der Waals surface area contributed by atoms with Crippen molar-refractivity contribution in [2.24, 2.45) is 5.92 Å². The molecule has 1 amide bonds. The first-order valence-corrected chi connectivity index (χ1v) is 8.02. The predicted molar refractivity (Wildman–Crippen MR) is 87.9 cm³/mol. The summed E-state index contributed by atoms with van der Waals surface area (Å²) in [6.07, 6.45) is 0.903. The fourth-order valence-corrected chi connectivity index (χ4v) is 3.24. The molecule has 0 spiro atoms. The second kappa shape index (κ2) is 6.78. The molecule has 0 N–H and O–H groups in total. The Balaban J connectivity index is 2.50. The molecule has 0 saturated heterocycles. The molecule has 1 aromatic rings. The predicted octanol–water partition coefficient (Wildman–Crippen LogP) is 3.41. The summed E-state index contributed by atoms with van der Waals surface area (Å²) in [5.74, 6) is 1.75. The molecule has 1 aliphatic heterocycles. The van der Waals surface area contributed by atoms with Crippen molar-refractivity contribution in [3.63, 3.8) is 0 Å². The number of rotatable bonds is 3. The van der Waals surface area contributed by atoms with Crippen LogP contribution in [0.1, 0.15) is 37.9 Å². The van der Waals surface area contributed by atoms with Crippen molar-refractivity contribution < 1.29 is 14.3 Å². The molecule has 0 aromatic heterocycles. The lowest BCUT2D eigenvalue weighted by atomic mass is 9.95.